The first-order chi connectivity index (χ1) is 14.3. The summed E-state index contributed by atoms with van der Waals surface area (Å²) in [5, 5.41) is 10.2. The average Bonchev–Trinajstić information content (AvgIpc) is 2.80. The number of nitriles is 1. The van der Waals surface area contributed by atoms with Crippen molar-refractivity contribution >= 4 is 10.8 Å². The van der Waals surface area contributed by atoms with Gasteiger partial charge in [0.2, 0.25) is 0 Å². The first kappa shape index (κ1) is 18.8. The summed E-state index contributed by atoms with van der Waals surface area (Å²) in [7, 11) is -1.45. The molecule has 4 rings (SSSR count). The van der Waals surface area contributed by atoms with E-state index in [1.165, 1.54) is 0 Å². The molecule has 0 bridgehead atoms. The van der Waals surface area contributed by atoms with Gasteiger partial charge in [-0.15, -0.1) is 0 Å². The Balaban J connectivity index is 1.89. The lowest BCUT2D eigenvalue weighted by molar-refractivity contribution is 0.679. The van der Waals surface area contributed by atoms with Gasteiger partial charge in [-0.25, -0.2) is 4.98 Å². The number of pyridine rings is 1. The Hall–Kier alpha value is -3.55. The molecular weight excluding hydrogens is 376 g/mol. The van der Waals surface area contributed by atoms with Crippen LogP contribution in [0.4, 0.5) is 0 Å². The zero-order valence-electron chi connectivity index (χ0n) is 15.7. The molecule has 1 heterocycles. The number of hydrogen-bond acceptors (Lipinski definition) is 3. The topological polar surface area (TPSA) is 53.8 Å². The van der Waals surface area contributed by atoms with Crippen LogP contribution in [0.1, 0.15) is 11.1 Å². The fraction of sp³-hybridized carbons (Fsp3) is 0.0400. The highest BCUT2D eigenvalue weighted by Gasteiger charge is 2.19. The third-order valence-electron chi connectivity index (χ3n) is 4.61. The molecule has 1 unspecified atom stereocenters. The second-order valence-corrected chi connectivity index (χ2v) is 7.92. The van der Waals surface area contributed by atoms with Crippen LogP contribution in [-0.2, 0) is 16.6 Å². The van der Waals surface area contributed by atoms with Crippen LogP contribution in [0.2, 0.25) is 0 Å². The number of aromatic nitrogens is 1. The number of hydrogen-bond donors (Lipinski definition) is 0. The predicted octanol–water partition coefficient (Wildman–Crippen LogP) is 5.60. The van der Waals surface area contributed by atoms with Crippen molar-refractivity contribution in [3.05, 3.63) is 108 Å². The number of benzene rings is 3. The van der Waals surface area contributed by atoms with Crippen LogP contribution in [0.3, 0.4) is 0 Å². The summed E-state index contributed by atoms with van der Waals surface area (Å²) in [6.45, 7) is 0. The monoisotopic (exact) mass is 394 g/mol. The van der Waals surface area contributed by atoms with E-state index in [9.17, 15) is 9.47 Å². The summed E-state index contributed by atoms with van der Waals surface area (Å²) < 4.78 is 13.3. The molecule has 0 fully saturated rings. The molecule has 0 spiro atoms. The predicted molar refractivity (Wildman–Crippen MR) is 116 cm³/mol. The lowest BCUT2D eigenvalue weighted by Crippen LogP contribution is -2.05. The van der Waals surface area contributed by atoms with E-state index in [2.05, 4.69) is 11.1 Å². The molecule has 1 atom stereocenters. The van der Waals surface area contributed by atoms with Gasteiger partial charge in [0.05, 0.1) is 27.8 Å². The summed E-state index contributed by atoms with van der Waals surface area (Å²) in [4.78, 5) is 4.67. The van der Waals surface area contributed by atoms with E-state index in [0.717, 1.165) is 22.3 Å². The summed E-state index contributed by atoms with van der Waals surface area (Å²) in [6, 6.07) is 33.3. The van der Waals surface area contributed by atoms with Crippen LogP contribution in [-0.4, -0.2) is 9.19 Å². The molecule has 140 valence electrons. The van der Waals surface area contributed by atoms with Gasteiger partial charge in [-0.3, -0.25) is 4.21 Å². The smallest absolute Gasteiger partial charge is 0.146 e. The Bertz CT molecular complexity index is 1180. The van der Waals surface area contributed by atoms with Gasteiger partial charge in [0.15, 0.2) is 0 Å². The van der Waals surface area contributed by atoms with E-state index in [1.807, 2.05) is 97.1 Å². The molecule has 1 aromatic heterocycles. The molecule has 3 aromatic carbocycles. The molecule has 0 amide bonds. The molecule has 0 saturated carbocycles. The molecule has 0 N–H and O–H groups in total. The van der Waals surface area contributed by atoms with E-state index < -0.39 is 10.8 Å². The minimum absolute atomic E-state index is 0.314. The van der Waals surface area contributed by atoms with Crippen molar-refractivity contribution in [3.63, 3.8) is 0 Å². The van der Waals surface area contributed by atoms with Crippen molar-refractivity contribution < 1.29 is 4.21 Å². The van der Waals surface area contributed by atoms with Gasteiger partial charge in [0.25, 0.3) is 0 Å². The fourth-order valence-electron chi connectivity index (χ4n) is 3.19. The normalized spacial score (nSPS) is 11.6. The minimum atomic E-state index is -1.45. The van der Waals surface area contributed by atoms with Crippen LogP contribution >= 0.6 is 0 Å². The Labute approximate surface area is 172 Å². The highest BCUT2D eigenvalue weighted by atomic mass is 32.2. The molecule has 0 radical (unpaired) electrons. The van der Waals surface area contributed by atoms with E-state index in [-0.39, 0.29) is 0 Å². The molecule has 0 aliphatic carbocycles. The van der Waals surface area contributed by atoms with Crippen LogP contribution in [0, 0.1) is 11.3 Å². The summed E-state index contributed by atoms with van der Waals surface area (Å²) >= 11 is 0. The molecule has 0 saturated heterocycles. The SMILES string of the molecule is N#Cc1c(-c2ccccc2)cc(-c2ccccc2)nc1S(=O)Cc1ccccc1. The van der Waals surface area contributed by atoms with Crippen LogP contribution < -0.4 is 0 Å². The van der Waals surface area contributed by atoms with E-state index >= 15 is 0 Å². The lowest BCUT2D eigenvalue weighted by atomic mass is 9.99. The maximum Gasteiger partial charge on any atom is 0.146 e. The van der Waals surface area contributed by atoms with E-state index in [1.54, 1.807) is 0 Å². The van der Waals surface area contributed by atoms with Crippen molar-refractivity contribution in [2.24, 2.45) is 0 Å². The van der Waals surface area contributed by atoms with Crippen molar-refractivity contribution in [3.8, 4) is 28.5 Å². The van der Waals surface area contributed by atoms with E-state index in [4.69, 9.17) is 0 Å². The van der Waals surface area contributed by atoms with Crippen LogP contribution in [0.25, 0.3) is 22.4 Å². The largest absolute Gasteiger partial charge is 0.252 e. The first-order valence-corrected chi connectivity index (χ1v) is 10.6. The zero-order valence-corrected chi connectivity index (χ0v) is 16.5. The second-order valence-electron chi connectivity index (χ2n) is 6.55. The maximum absolute atomic E-state index is 13.3. The van der Waals surface area contributed by atoms with Gasteiger partial charge in [0, 0.05) is 11.1 Å². The first-order valence-electron chi connectivity index (χ1n) is 9.24. The highest BCUT2D eigenvalue weighted by Crippen LogP contribution is 2.32. The average molecular weight is 394 g/mol. The Morgan fingerprint density at radius 3 is 1.93 bits per heavy atom. The van der Waals surface area contributed by atoms with Crippen LogP contribution in [0.5, 0.6) is 0 Å². The van der Waals surface area contributed by atoms with Crippen molar-refractivity contribution in [2.75, 3.05) is 0 Å². The third kappa shape index (κ3) is 4.16. The van der Waals surface area contributed by atoms with E-state index in [0.29, 0.717) is 22.0 Å². The second kappa shape index (κ2) is 8.64. The summed E-state index contributed by atoms with van der Waals surface area (Å²) in [6.07, 6.45) is 0. The number of rotatable bonds is 5. The van der Waals surface area contributed by atoms with Crippen molar-refractivity contribution in [1.82, 2.24) is 4.98 Å². The Morgan fingerprint density at radius 2 is 1.34 bits per heavy atom. The van der Waals surface area contributed by atoms with Crippen molar-refractivity contribution in [2.45, 2.75) is 10.8 Å². The van der Waals surface area contributed by atoms with Crippen molar-refractivity contribution in [1.29, 1.82) is 5.26 Å². The van der Waals surface area contributed by atoms with Crippen LogP contribution in [0.15, 0.2) is 102 Å². The maximum atomic E-state index is 13.3. The third-order valence-corrected chi connectivity index (χ3v) is 5.93. The van der Waals surface area contributed by atoms with Gasteiger partial charge in [-0.2, -0.15) is 5.26 Å². The lowest BCUT2D eigenvalue weighted by Gasteiger charge is -2.13. The molecule has 4 heteroatoms. The molecular formula is C25H18N2OS. The van der Waals surface area contributed by atoms with Gasteiger partial charge >= 0.3 is 0 Å². The summed E-state index contributed by atoms with van der Waals surface area (Å²) in [5.41, 5.74) is 4.60. The van der Waals surface area contributed by atoms with Gasteiger partial charge in [-0.1, -0.05) is 91.0 Å². The fourth-order valence-corrected chi connectivity index (χ4v) is 4.41. The quantitative estimate of drug-likeness (QED) is 0.443. The van der Waals surface area contributed by atoms with Gasteiger partial charge in [-0.05, 0) is 17.2 Å². The summed E-state index contributed by atoms with van der Waals surface area (Å²) in [5.74, 6) is 0.314. The Kier molecular flexibility index (Phi) is 5.60. The minimum Gasteiger partial charge on any atom is -0.252 e. The van der Waals surface area contributed by atoms with Gasteiger partial charge in [0.1, 0.15) is 11.1 Å². The molecule has 0 aliphatic heterocycles. The Morgan fingerprint density at radius 1 is 0.793 bits per heavy atom. The molecule has 29 heavy (non-hydrogen) atoms. The molecule has 0 aliphatic rings. The molecule has 3 nitrogen and oxygen atoms in total. The number of nitrogens with zero attached hydrogens (tertiary/aromatic N) is 2. The standard InChI is InChI=1S/C25H18N2OS/c26-17-23-22(20-12-6-2-7-13-20)16-24(21-14-8-3-9-15-21)27-25(23)29(28)18-19-10-4-1-5-11-19/h1-16H,18H2. The zero-order chi connectivity index (χ0) is 20.1. The van der Waals surface area contributed by atoms with Gasteiger partial charge < -0.3 is 0 Å². The molecule has 4 aromatic rings. The highest BCUT2D eigenvalue weighted by molar-refractivity contribution is 7.84.